The maximum Gasteiger partial charge on any atom is 0.306 e. The minimum absolute atomic E-state index is 0.0890. The first kappa shape index (κ1) is 75.1. The maximum atomic E-state index is 12.9. The van der Waals surface area contributed by atoms with Gasteiger partial charge in [-0.05, 0) is 103 Å². The summed E-state index contributed by atoms with van der Waals surface area (Å²) in [5.41, 5.74) is 0. The van der Waals surface area contributed by atoms with Crippen molar-refractivity contribution in [1.82, 2.24) is 0 Å². The molecule has 0 aromatic carbocycles. The lowest BCUT2D eigenvalue weighted by Crippen LogP contribution is -2.30. The van der Waals surface area contributed by atoms with E-state index in [0.717, 1.165) is 128 Å². The van der Waals surface area contributed by atoms with E-state index in [9.17, 15) is 14.4 Å². The molecule has 452 valence electrons. The van der Waals surface area contributed by atoms with E-state index in [-0.39, 0.29) is 31.1 Å². The molecule has 0 aromatic rings. The van der Waals surface area contributed by atoms with Crippen molar-refractivity contribution in [3.05, 3.63) is 109 Å². The lowest BCUT2D eigenvalue weighted by molar-refractivity contribution is -0.167. The highest BCUT2D eigenvalue weighted by molar-refractivity contribution is 5.71. The topological polar surface area (TPSA) is 78.9 Å². The Morgan fingerprint density at radius 1 is 0.266 bits per heavy atom. The third kappa shape index (κ3) is 64.8. The van der Waals surface area contributed by atoms with Crippen LogP contribution in [0, 0.1) is 0 Å². The molecule has 0 radical (unpaired) electrons. The monoisotopic (exact) mass is 1100 g/mol. The summed E-state index contributed by atoms with van der Waals surface area (Å²) < 4.78 is 16.9. The highest BCUT2D eigenvalue weighted by atomic mass is 16.6. The normalized spacial score (nSPS) is 12.8. The van der Waals surface area contributed by atoms with E-state index >= 15 is 0 Å². The summed E-state index contributed by atoms with van der Waals surface area (Å²) in [5.74, 6) is -0.913. The van der Waals surface area contributed by atoms with Crippen LogP contribution >= 0.6 is 0 Å². The molecule has 0 spiro atoms. The summed E-state index contributed by atoms with van der Waals surface area (Å²) in [7, 11) is 0. The predicted octanol–water partition coefficient (Wildman–Crippen LogP) is 23.0. The van der Waals surface area contributed by atoms with E-state index in [1.807, 2.05) is 0 Å². The Balaban J connectivity index is 4.32. The summed E-state index contributed by atoms with van der Waals surface area (Å²) in [6, 6.07) is 0. The number of hydrogen-bond acceptors (Lipinski definition) is 6. The van der Waals surface area contributed by atoms with Crippen molar-refractivity contribution >= 4 is 17.9 Å². The van der Waals surface area contributed by atoms with Gasteiger partial charge in [0.05, 0.1) is 0 Å². The summed E-state index contributed by atoms with van der Waals surface area (Å²) in [4.78, 5) is 38.3. The Morgan fingerprint density at radius 2 is 0.506 bits per heavy atom. The molecule has 0 N–H and O–H groups in total. The van der Waals surface area contributed by atoms with Gasteiger partial charge in [0.1, 0.15) is 13.2 Å². The molecule has 0 amide bonds. The van der Waals surface area contributed by atoms with Gasteiger partial charge in [0.25, 0.3) is 0 Å². The van der Waals surface area contributed by atoms with Crippen LogP contribution < -0.4 is 0 Å². The van der Waals surface area contributed by atoms with Gasteiger partial charge in [-0.15, -0.1) is 0 Å². The molecule has 0 aromatic heterocycles. The molecule has 0 fully saturated rings. The second-order valence-electron chi connectivity index (χ2n) is 22.0. The van der Waals surface area contributed by atoms with Crippen molar-refractivity contribution < 1.29 is 28.6 Å². The van der Waals surface area contributed by atoms with Crippen LogP contribution in [0.4, 0.5) is 0 Å². The van der Waals surface area contributed by atoms with E-state index < -0.39 is 6.10 Å². The number of unbranched alkanes of at least 4 members (excludes halogenated alkanes) is 31. The molecule has 0 rings (SSSR count). The average molecular weight is 1100 g/mol. The Kier molecular flexibility index (Phi) is 63.3. The molecule has 79 heavy (non-hydrogen) atoms. The number of allylic oxidation sites excluding steroid dienone is 18. The van der Waals surface area contributed by atoms with Gasteiger partial charge in [-0.1, -0.05) is 304 Å². The first-order valence-electron chi connectivity index (χ1n) is 33.4. The zero-order chi connectivity index (χ0) is 57.1. The van der Waals surface area contributed by atoms with Gasteiger partial charge in [-0.3, -0.25) is 14.4 Å². The SMILES string of the molecule is CC/C=C\C/C=C\C/C=C\C/C=C\C/C=C\C/C=C\C/C=C\C/C=C\CCCCCCC(=O)OCC(COC(=O)CCCCCCC/C=C\CCCC)OC(=O)CCCCCCCCCCCCCCCCCCCCCCC. The zero-order valence-corrected chi connectivity index (χ0v) is 51.9. The molecular formula is C73H124O6. The Morgan fingerprint density at radius 3 is 0.823 bits per heavy atom. The van der Waals surface area contributed by atoms with Crippen LogP contribution in [0.15, 0.2) is 109 Å². The number of carbonyl (C=O) groups is 3. The average Bonchev–Trinajstić information content (AvgIpc) is 3.45. The van der Waals surface area contributed by atoms with Crippen molar-refractivity contribution in [2.24, 2.45) is 0 Å². The van der Waals surface area contributed by atoms with E-state index in [0.29, 0.717) is 19.3 Å². The van der Waals surface area contributed by atoms with Crippen LogP contribution in [0.1, 0.15) is 316 Å². The minimum atomic E-state index is -0.793. The van der Waals surface area contributed by atoms with Crippen molar-refractivity contribution in [2.75, 3.05) is 13.2 Å². The van der Waals surface area contributed by atoms with Crippen LogP contribution in [-0.2, 0) is 28.6 Å². The molecule has 6 heteroatoms. The second-order valence-corrected chi connectivity index (χ2v) is 22.0. The molecule has 0 aliphatic heterocycles. The number of rotatable bonds is 60. The van der Waals surface area contributed by atoms with E-state index in [1.165, 1.54) is 148 Å². The van der Waals surface area contributed by atoms with Crippen LogP contribution in [-0.4, -0.2) is 37.2 Å². The third-order valence-corrected chi connectivity index (χ3v) is 14.3. The fraction of sp³-hybridized carbons (Fsp3) is 0.712. The molecule has 0 aliphatic carbocycles. The maximum absolute atomic E-state index is 12.9. The molecule has 0 saturated heterocycles. The van der Waals surface area contributed by atoms with Crippen molar-refractivity contribution in [1.29, 1.82) is 0 Å². The van der Waals surface area contributed by atoms with Gasteiger partial charge in [0, 0.05) is 19.3 Å². The Bertz CT molecular complexity index is 1590. The van der Waals surface area contributed by atoms with Gasteiger partial charge in [-0.2, -0.15) is 0 Å². The van der Waals surface area contributed by atoms with Gasteiger partial charge in [0.2, 0.25) is 0 Å². The fourth-order valence-electron chi connectivity index (χ4n) is 9.26. The van der Waals surface area contributed by atoms with E-state index in [2.05, 4.69) is 130 Å². The standard InChI is InChI=1S/C73H124O6/c1-4-7-10-13-16-19-22-24-26-28-30-32-33-34-35-36-37-38-39-41-42-44-46-48-51-54-57-60-63-66-72(75)78-69-70(68-77-71(74)65-62-59-56-53-50-21-18-15-12-9-6-3)79-73(76)67-64-61-58-55-52-49-47-45-43-40-31-29-27-25-23-20-17-14-11-8-5-2/h7,10,15-16,18-19,24,26,30,32,34-35,37-38,41-42,46,48,70H,4-6,8-9,11-14,17,20-23,25,27-29,31,33,36,39-40,43-45,47,49-69H2,1-3H3/b10-7-,18-15-,19-16-,26-24-,32-30-,35-34-,38-37-,42-41-,48-46-. The summed E-state index contributed by atoms with van der Waals surface area (Å²) >= 11 is 0. The molecule has 6 nitrogen and oxygen atoms in total. The Hall–Kier alpha value is -3.93. The zero-order valence-electron chi connectivity index (χ0n) is 51.9. The molecule has 0 aliphatic rings. The highest BCUT2D eigenvalue weighted by Gasteiger charge is 2.19. The molecule has 1 atom stereocenters. The van der Waals surface area contributed by atoms with Crippen molar-refractivity contribution in [3.63, 3.8) is 0 Å². The van der Waals surface area contributed by atoms with Crippen LogP contribution in [0.5, 0.6) is 0 Å². The van der Waals surface area contributed by atoms with E-state index in [4.69, 9.17) is 14.2 Å². The Labute approximate surface area is 489 Å². The van der Waals surface area contributed by atoms with Gasteiger partial charge < -0.3 is 14.2 Å². The second kappa shape index (κ2) is 66.6. The van der Waals surface area contributed by atoms with Gasteiger partial charge in [0.15, 0.2) is 6.10 Å². The number of hydrogen-bond donors (Lipinski definition) is 0. The molecule has 0 heterocycles. The van der Waals surface area contributed by atoms with Crippen LogP contribution in [0.2, 0.25) is 0 Å². The summed E-state index contributed by atoms with van der Waals surface area (Å²) in [6.07, 6.45) is 91.1. The molecule has 1 unspecified atom stereocenters. The molecule has 0 saturated carbocycles. The molecular weight excluding hydrogens is 973 g/mol. The first-order valence-corrected chi connectivity index (χ1v) is 33.4. The smallest absolute Gasteiger partial charge is 0.306 e. The largest absolute Gasteiger partial charge is 0.462 e. The van der Waals surface area contributed by atoms with Crippen LogP contribution in [0.25, 0.3) is 0 Å². The predicted molar refractivity (Wildman–Crippen MR) is 343 cm³/mol. The van der Waals surface area contributed by atoms with Gasteiger partial charge >= 0.3 is 17.9 Å². The summed E-state index contributed by atoms with van der Waals surface area (Å²) in [5, 5.41) is 0. The molecule has 0 bridgehead atoms. The lowest BCUT2D eigenvalue weighted by atomic mass is 10.0. The van der Waals surface area contributed by atoms with Crippen LogP contribution in [0.3, 0.4) is 0 Å². The van der Waals surface area contributed by atoms with Crippen molar-refractivity contribution in [3.8, 4) is 0 Å². The van der Waals surface area contributed by atoms with E-state index in [1.54, 1.807) is 0 Å². The fourth-order valence-corrected chi connectivity index (χ4v) is 9.26. The minimum Gasteiger partial charge on any atom is -0.462 e. The highest BCUT2D eigenvalue weighted by Crippen LogP contribution is 2.17. The number of carbonyl (C=O) groups excluding carboxylic acids is 3. The van der Waals surface area contributed by atoms with Gasteiger partial charge in [-0.25, -0.2) is 0 Å². The van der Waals surface area contributed by atoms with Crippen molar-refractivity contribution in [2.45, 2.75) is 322 Å². The quantitative estimate of drug-likeness (QED) is 0.0261. The number of esters is 3. The first-order chi connectivity index (χ1) is 39.0. The third-order valence-electron chi connectivity index (χ3n) is 14.3. The summed E-state index contributed by atoms with van der Waals surface area (Å²) in [6.45, 7) is 6.49. The number of ether oxygens (including phenoxy) is 3. The lowest BCUT2D eigenvalue weighted by Gasteiger charge is -2.18.